The van der Waals surface area contributed by atoms with Crippen molar-refractivity contribution in [3.8, 4) is 0 Å². The van der Waals surface area contributed by atoms with Crippen LogP contribution in [-0.4, -0.2) is 21.5 Å². The summed E-state index contributed by atoms with van der Waals surface area (Å²) in [5.41, 5.74) is -0.0163. The van der Waals surface area contributed by atoms with Crippen LogP contribution in [0.15, 0.2) is 17.2 Å². The normalized spacial score (nSPS) is 23.3. The van der Waals surface area contributed by atoms with Crippen molar-refractivity contribution in [3.63, 3.8) is 0 Å². The van der Waals surface area contributed by atoms with Gasteiger partial charge in [-0.2, -0.15) is 0 Å². The zero-order valence-electron chi connectivity index (χ0n) is 11.4. The minimum absolute atomic E-state index is 0.0163. The van der Waals surface area contributed by atoms with Crippen LogP contribution in [-0.2, 0) is 6.54 Å². The molecule has 1 aliphatic rings. The number of hydrogen-bond acceptors (Lipinski definition) is 3. The lowest BCUT2D eigenvalue weighted by molar-refractivity contribution is 0.361. The van der Waals surface area contributed by atoms with E-state index in [2.05, 4.69) is 17.2 Å². The van der Waals surface area contributed by atoms with Gasteiger partial charge in [0.05, 0.1) is 0 Å². The standard InChI is InChI=1S/C14H22ClN3O/c1-2-7-18-8-6-16-13(14(18)19)17-12-5-3-4-11(9-12)10-15/h6,8,11-12H,2-5,7,9-10H2,1H3,(H,16,17). The van der Waals surface area contributed by atoms with Crippen LogP contribution in [0.25, 0.3) is 0 Å². The zero-order chi connectivity index (χ0) is 13.7. The molecule has 1 heterocycles. The van der Waals surface area contributed by atoms with Crippen molar-refractivity contribution in [1.29, 1.82) is 0 Å². The Morgan fingerprint density at radius 3 is 3.11 bits per heavy atom. The molecule has 2 atom stereocenters. The van der Waals surface area contributed by atoms with E-state index in [1.54, 1.807) is 17.0 Å². The summed E-state index contributed by atoms with van der Waals surface area (Å²) in [4.78, 5) is 16.4. The average Bonchev–Trinajstić information content (AvgIpc) is 2.44. The number of anilines is 1. The van der Waals surface area contributed by atoms with Crippen molar-refractivity contribution in [1.82, 2.24) is 9.55 Å². The molecule has 1 aliphatic carbocycles. The summed E-state index contributed by atoms with van der Waals surface area (Å²) in [7, 11) is 0. The van der Waals surface area contributed by atoms with Crippen molar-refractivity contribution in [2.24, 2.45) is 5.92 Å². The van der Waals surface area contributed by atoms with E-state index in [-0.39, 0.29) is 5.56 Å². The Hall–Kier alpha value is -1.03. The van der Waals surface area contributed by atoms with Gasteiger partial charge in [-0.3, -0.25) is 4.79 Å². The van der Waals surface area contributed by atoms with Gasteiger partial charge in [-0.05, 0) is 31.6 Å². The quantitative estimate of drug-likeness (QED) is 0.845. The van der Waals surface area contributed by atoms with Crippen LogP contribution < -0.4 is 10.9 Å². The maximum Gasteiger partial charge on any atom is 0.293 e. The van der Waals surface area contributed by atoms with E-state index in [1.165, 1.54) is 12.8 Å². The second kappa shape index (κ2) is 6.94. The van der Waals surface area contributed by atoms with Gasteiger partial charge in [0.25, 0.3) is 5.56 Å². The Morgan fingerprint density at radius 1 is 1.53 bits per heavy atom. The van der Waals surface area contributed by atoms with E-state index >= 15 is 0 Å². The van der Waals surface area contributed by atoms with Gasteiger partial charge < -0.3 is 9.88 Å². The molecule has 2 unspecified atom stereocenters. The van der Waals surface area contributed by atoms with E-state index in [4.69, 9.17) is 11.6 Å². The number of alkyl halides is 1. The number of aryl methyl sites for hydroxylation is 1. The second-order valence-corrected chi connectivity index (χ2v) is 5.61. The van der Waals surface area contributed by atoms with Gasteiger partial charge in [0.2, 0.25) is 0 Å². The molecule has 0 bridgehead atoms. The molecule has 1 aromatic heterocycles. The summed E-state index contributed by atoms with van der Waals surface area (Å²) in [6.45, 7) is 2.80. The van der Waals surface area contributed by atoms with Crippen LogP contribution in [0.3, 0.4) is 0 Å². The topological polar surface area (TPSA) is 46.9 Å². The average molecular weight is 284 g/mol. The fourth-order valence-corrected chi connectivity index (χ4v) is 3.00. The molecule has 1 aromatic rings. The van der Waals surface area contributed by atoms with Crippen LogP contribution in [0.5, 0.6) is 0 Å². The fourth-order valence-electron chi connectivity index (χ4n) is 2.72. The maximum absolute atomic E-state index is 12.2. The van der Waals surface area contributed by atoms with Gasteiger partial charge in [-0.15, -0.1) is 11.6 Å². The summed E-state index contributed by atoms with van der Waals surface area (Å²) < 4.78 is 1.72. The summed E-state index contributed by atoms with van der Waals surface area (Å²) >= 11 is 5.94. The highest BCUT2D eigenvalue weighted by molar-refractivity contribution is 6.18. The van der Waals surface area contributed by atoms with Gasteiger partial charge in [-0.1, -0.05) is 13.3 Å². The van der Waals surface area contributed by atoms with Crippen molar-refractivity contribution < 1.29 is 0 Å². The van der Waals surface area contributed by atoms with E-state index < -0.39 is 0 Å². The lowest BCUT2D eigenvalue weighted by Gasteiger charge is -2.28. The highest BCUT2D eigenvalue weighted by Crippen LogP contribution is 2.26. The minimum Gasteiger partial charge on any atom is -0.363 e. The van der Waals surface area contributed by atoms with Gasteiger partial charge in [0.1, 0.15) is 0 Å². The van der Waals surface area contributed by atoms with Gasteiger partial charge in [0, 0.05) is 30.9 Å². The number of rotatable bonds is 5. The molecule has 0 radical (unpaired) electrons. The molecular formula is C14H22ClN3O. The summed E-state index contributed by atoms with van der Waals surface area (Å²) in [5.74, 6) is 1.76. The van der Waals surface area contributed by atoms with Gasteiger partial charge in [-0.25, -0.2) is 4.98 Å². The first-order valence-electron chi connectivity index (χ1n) is 7.12. The number of halogens is 1. The summed E-state index contributed by atoms with van der Waals surface area (Å²) in [6.07, 6.45) is 8.89. The van der Waals surface area contributed by atoms with Crippen molar-refractivity contribution in [2.75, 3.05) is 11.2 Å². The molecule has 19 heavy (non-hydrogen) atoms. The van der Waals surface area contributed by atoms with Crippen molar-refractivity contribution in [2.45, 2.75) is 51.6 Å². The number of hydrogen-bond donors (Lipinski definition) is 1. The first-order chi connectivity index (χ1) is 9.24. The Kier molecular flexibility index (Phi) is 5.25. The Balaban J connectivity index is 2.06. The Morgan fingerprint density at radius 2 is 2.37 bits per heavy atom. The molecular weight excluding hydrogens is 262 g/mol. The first kappa shape index (κ1) is 14.4. The SMILES string of the molecule is CCCn1ccnc(NC2CCCC(CCl)C2)c1=O. The van der Waals surface area contributed by atoms with E-state index in [9.17, 15) is 4.79 Å². The van der Waals surface area contributed by atoms with Crippen molar-refractivity contribution >= 4 is 17.4 Å². The Labute approximate surface area is 119 Å². The number of nitrogens with one attached hydrogen (secondary N) is 1. The summed E-state index contributed by atoms with van der Waals surface area (Å²) in [6, 6.07) is 0.329. The maximum atomic E-state index is 12.2. The molecule has 1 saturated carbocycles. The highest BCUT2D eigenvalue weighted by Gasteiger charge is 2.22. The number of nitrogens with zero attached hydrogens (tertiary/aromatic N) is 2. The predicted molar refractivity (Wildman–Crippen MR) is 78.9 cm³/mol. The van der Waals surface area contributed by atoms with Gasteiger partial charge in [0.15, 0.2) is 5.82 Å². The monoisotopic (exact) mass is 283 g/mol. The molecule has 0 aliphatic heterocycles. The largest absolute Gasteiger partial charge is 0.363 e. The van der Waals surface area contributed by atoms with E-state index in [1.807, 2.05) is 0 Å². The molecule has 0 amide bonds. The molecule has 0 aromatic carbocycles. The highest BCUT2D eigenvalue weighted by atomic mass is 35.5. The van der Waals surface area contributed by atoms with Gasteiger partial charge >= 0.3 is 0 Å². The van der Waals surface area contributed by atoms with Crippen LogP contribution in [0.1, 0.15) is 39.0 Å². The second-order valence-electron chi connectivity index (χ2n) is 5.30. The van der Waals surface area contributed by atoms with Crippen LogP contribution >= 0.6 is 11.6 Å². The fraction of sp³-hybridized carbons (Fsp3) is 0.714. The smallest absolute Gasteiger partial charge is 0.293 e. The third-order valence-corrected chi connectivity index (χ3v) is 4.16. The summed E-state index contributed by atoms with van der Waals surface area (Å²) in [5, 5.41) is 3.31. The third kappa shape index (κ3) is 3.72. The molecule has 0 spiro atoms. The lowest BCUT2D eigenvalue weighted by atomic mass is 9.87. The first-order valence-corrected chi connectivity index (χ1v) is 7.66. The molecule has 0 saturated heterocycles. The van der Waals surface area contributed by atoms with E-state index in [0.717, 1.165) is 25.8 Å². The predicted octanol–water partition coefficient (Wildman–Crippen LogP) is 2.86. The molecule has 5 heteroatoms. The molecule has 1 N–H and O–H groups in total. The lowest BCUT2D eigenvalue weighted by Crippen LogP contribution is -2.32. The molecule has 4 nitrogen and oxygen atoms in total. The number of aromatic nitrogens is 2. The third-order valence-electron chi connectivity index (χ3n) is 3.72. The van der Waals surface area contributed by atoms with E-state index in [0.29, 0.717) is 23.7 Å². The molecule has 2 rings (SSSR count). The van der Waals surface area contributed by atoms with Crippen LogP contribution in [0.2, 0.25) is 0 Å². The minimum atomic E-state index is -0.0163. The van der Waals surface area contributed by atoms with Crippen LogP contribution in [0.4, 0.5) is 5.82 Å². The Bertz CT molecular complexity index is 460. The molecule has 1 fully saturated rings. The van der Waals surface area contributed by atoms with Crippen molar-refractivity contribution in [3.05, 3.63) is 22.7 Å². The van der Waals surface area contributed by atoms with Crippen LogP contribution in [0, 0.1) is 5.92 Å². The zero-order valence-corrected chi connectivity index (χ0v) is 12.2. The molecule has 106 valence electrons.